The Morgan fingerprint density at radius 2 is 0.450 bits per heavy atom. The molecule has 8 bridgehead atoms. The van der Waals surface area contributed by atoms with Crippen molar-refractivity contribution in [1.82, 2.24) is 19.9 Å². The second-order valence-electron chi connectivity index (χ2n) is 29.5. The number of aryl methyl sites for hydroxylation is 3. The molecule has 13 rings (SSSR count). The third kappa shape index (κ3) is 16.9. The molecule has 0 spiro atoms. The van der Waals surface area contributed by atoms with Gasteiger partial charge in [-0.3, -0.25) is 0 Å². The van der Waals surface area contributed by atoms with Crippen LogP contribution >= 0.6 is 0 Å². The number of hydrogen-bond donors (Lipinski definition) is 4. The lowest BCUT2D eigenvalue weighted by molar-refractivity contribution is 0.0483. The molecule has 0 amide bonds. The van der Waals surface area contributed by atoms with Gasteiger partial charge in [0.1, 0.15) is 0 Å². The van der Waals surface area contributed by atoms with Crippen molar-refractivity contribution in [2.24, 2.45) is 0 Å². The van der Waals surface area contributed by atoms with Crippen LogP contribution in [0, 0.1) is 0 Å². The van der Waals surface area contributed by atoms with Gasteiger partial charge in [0.05, 0.1) is 105 Å². The number of H-pyrrole nitrogens is 4. The van der Waals surface area contributed by atoms with Gasteiger partial charge in [-0.25, -0.2) is 24.0 Å². The lowest BCUT2D eigenvalue weighted by atomic mass is 9.92. The molecule has 1 aliphatic carbocycles. The predicted molar refractivity (Wildman–Crippen MR) is 446 cm³/mol. The van der Waals surface area contributed by atoms with E-state index in [-0.39, 0.29) is 44.2 Å². The monoisotopic (exact) mass is 1480 g/mol. The van der Waals surface area contributed by atoms with Crippen molar-refractivity contribution in [2.45, 2.75) is 177 Å². The number of nitrogens with one attached hydrogen (secondary N) is 4. The van der Waals surface area contributed by atoms with Gasteiger partial charge in [-0.15, -0.1) is 0 Å². The molecule has 0 saturated carbocycles. The second-order valence-corrected chi connectivity index (χ2v) is 29.5. The van der Waals surface area contributed by atoms with Crippen LogP contribution in [0.15, 0.2) is 170 Å². The summed E-state index contributed by atoms with van der Waals surface area (Å²) in [5, 5.41) is 9.58. The third-order valence-electron chi connectivity index (χ3n) is 21.2. The Labute approximate surface area is 650 Å². The summed E-state index contributed by atoms with van der Waals surface area (Å²) in [4.78, 5) is 91.2. The van der Waals surface area contributed by atoms with Gasteiger partial charge in [0, 0.05) is 65.4 Å². The van der Waals surface area contributed by atoms with Gasteiger partial charge >= 0.3 is 29.8 Å². The van der Waals surface area contributed by atoms with E-state index >= 15 is 0 Å². The maximum absolute atomic E-state index is 14.9. The number of aromatic amines is 4. The number of carbonyl (C=O) groups excluding carboxylic acids is 5. The molecule has 14 nitrogen and oxygen atoms in total. The summed E-state index contributed by atoms with van der Waals surface area (Å²) in [7, 11) is 0. The van der Waals surface area contributed by atoms with Gasteiger partial charge in [-0.1, -0.05) is 222 Å². The SMILES string of the molecule is CCCCOC(=O)c1cc(CCCC)cc(C2=c3[nH]c(c4ccccc34)=C(c3cc(CCCC)cc(C(=O)OCCCC)c3)c3[nH]c(c4ccccc34)C(c3cc(C(=O)OCCCC)cc(C(=O)OCCCC)c3)=c3[nH]c(c4ccccc34)=C(c3cc(CCCC)cc(C(=O)OCCCC)c3)c3[nH]c2c2ccccc32)c1. The van der Waals surface area contributed by atoms with E-state index < -0.39 is 29.8 Å². The molecule has 111 heavy (non-hydrogen) atoms. The summed E-state index contributed by atoms with van der Waals surface area (Å²) >= 11 is 0. The van der Waals surface area contributed by atoms with Gasteiger partial charge in [-0.2, -0.15) is 0 Å². The van der Waals surface area contributed by atoms with Crippen LogP contribution in [0.25, 0.3) is 65.4 Å². The highest BCUT2D eigenvalue weighted by atomic mass is 16.5. The molecule has 4 N–H and O–H groups in total. The van der Waals surface area contributed by atoms with Gasteiger partial charge in [0.15, 0.2) is 0 Å². The number of unbranched alkanes of at least 4 members (excludes halogenated alkanes) is 8. The van der Waals surface area contributed by atoms with Gasteiger partial charge < -0.3 is 43.6 Å². The average Bonchev–Trinajstić information content (AvgIpc) is 1.56. The summed E-state index contributed by atoms with van der Waals surface area (Å²) in [6.07, 6.45) is 15.0. The zero-order valence-corrected chi connectivity index (χ0v) is 65.7. The van der Waals surface area contributed by atoms with Crippen LogP contribution in [0.3, 0.4) is 0 Å². The number of carbonyl (C=O) groups is 5. The Morgan fingerprint density at radius 1 is 0.243 bits per heavy atom. The average molecular weight is 1490 g/mol. The molecule has 8 aromatic carbocycles. The summed E-state index contributed by atoms with van der Waals surface area (Å²) < 4.78 is 30.6. The highest BCUT2D eigenvalue weighted by Crippen LogP contribution is 2.41. The van der Waals surface area contributed by atoms with Gasteiger partial charge in [0.2, 0.25) is 0 Å². The fourth-order valence-electron chi connectivity index (χ4n) is 15.4. The normalized spacial score (nSPS) is 12.2. The highest BCUT2D eigenvalue weighted by molar-refractivity contribution is 6.11. The largest absolute Gasteiger partial charge is 0.462 e. The van der Waals surface area contributed by atoms with Crippen LogP contribution in [0.2, 0.25) is 0 Å². The van der Waals surface area contributed by atoms with Crippen LogP contribution in [-0.4, -0.2) is 82.8 Å². The summed E-state index contributed by atoms with van der Waals surface area (Å²) in [5.74, 6) is -2.42. The lowest BCUT2D eigenvalue weighted by Gasteiger charge is -2.15. The van der Waals surface area contributed by atoms with Crippen molar-refractivity contribution < 1.29 is 47.7 Å². The van der Waals surface area contributed by atoms with Crippen molar-refractivity contribution in [1.29, 1.82) is 0 Å². The van der Waals surface area contributed by atoms with Crippen molar-refractivity contribution in [3.05, 3.63) is 281 Å². The first-order chi connectivity index (χ1) is 54.3. The van der Waals surface area contributed by atoms with E-state index in [4.69, 9.17) is 23.7 Å². The molecule has 0 saturated heterocycles. The molecule has 0 aliphatic heterocycles. The van der Waals surface area contributed by atoms with Crippen LogP contribution in [0.4, 0.5) is 0 Å². The van der Waals surface area contributed by atoms with E-state index in [0.717, 1.165) is 192 Å². The number of benzene rings is 8. The van der Waals surface area contributed by atoms with Crippen molar-refractivity contribution in [3.63, 3.8) is 0 Å². The van der Waals surface area contributed by atoms with E-state index in [1.807, 2.05) is 86.6 Å². The van der Waals surface area contributed by atoms with Crippen molar-refractivity contribution in [2.75, 3.05) is 33.0 Å². The van der Waals surface area contributed by atoms with Crippen LogP contribution in [0.1, 0.15) is 272 Å². The quantitative estimate of drug-likeness (QED) is 0.0175. The number of ether oxygens (including phenoxy) is 5. The van der Waals surface area contributed by atoms with Gasteiger partial charge in [-0.05, 0) is 164 Å². The molecule has 572 valence electrons. The van der Waals surface area contributed by atoms with Crippen molar-refractivity contribution in [3.8, 4) is 0 Å². The molecular formula is C97H104N4O10. The minimum atomic E-state index is -0.586. The molecule has 0 radical (unpaired) electrons. The smallest absolute Gasteiger partial charge is 0.338 e. The number of hydrogen-bond acceptors (Lipinski definition) is 10. The maximum Gasteiger partial charge on any atom is 0.338 e. The standard InChI is InChI=1S/C97H104N4O10/c1-9-17-33-61-49-64(55-68(52-61)93(102)107-44-20-12-4)81-85-73-36-25-27-38-75(73)87(98-85)82(65-50-62(34-18-10-2)53-69(56-65)94(103)108-45-21-13-5)89-77-40-29-31-42-79(77)91(100-89)84(67-58-71(96(105)110-47-23-15-7)60-72(59-67)97(106)111-48-24-16-8)92-80-43-32-30-41-78(80)90(101-92)83(88-76-39-28-26-37-74(76)86(81)99-88)66-51-63(35-19-11-3)54-70(57-66)95(104)109-46-22-14-6/h25-32,36-43,49-60,98-101H,9-24,33-35,44-48H2,1-8H3. The van der Waals surface area contributed by atoms with Crippen LogP contribution in [0.5, 0.6) is 0 Å². The zero-order valence-electron chi connectivity index (χ0n) is 65.7. The maximum atomic E-state index is 14.9. The van der Waals surface area contributed by atoms with Gasteiger partial charge in [0.25, 0.3) is 0 Å². The second kappa shape index (κ2) is 36.5. The third-order valence-corrected chi connectivity index (χ3v) is 21.2. The Kier molecular flexibility index (Phi) is 25.6. The molecule has 4 aromatic heterocycles. The minimum absolute atomic E-state index is 0.168. The van der Waals surface area contributed by atoms with Crippen LogP contribution < -0.4 is 21.4 Å². The molecule has 0 unspecified atom stereocenters. The summed E-state index contributed by atoms with van der Waals surface area (Å²) in [6, 6.07) is 57.2. The Balaban J connectivity index is 1.32. The summed E-state index contributed by atoms with van der Waals surface area (Å²) in [5.41, 5.74) is 13.0. The van der Waals surface area contributed by atoms with E-state index in [1.54, 1.807) is 6.07 Å². The number of aromatic nitrogens is 4. The first-order valence-corrected chi connectivity index (χ1v) is 40.7. The topological polar surface area (TPSA) is 195 Å². The van der Waals surface area contributed by atoms with E-state index in [2.05, 4.69) is 152 Å². The molecule has 4 heterocycles. The highest BCUT2D eigenvalue weighted by Gasteiger charge is 2.30. The van der Waals surface area contributed by atoms with E-state index in [9.17, 15) is 24.0 Å². The Morgan fingerprint density at radius 3 is 0.676 bits per heavy atom. The molecule has 0 atom stereocenters. The van der Waals surface area contributed by atoms with E-state index in [0.29, 0.717) is 94.9 Å². The first kappa shape index (κ1) is 77.9. The molecule has 12 aromatic rings. The molecule has 1 aliphatic rings. The predicted octanol–water partition coefficient (Wildman–Crippen LogP) is 19.7. The number of rotatable bonds is 33. The van der Waals surface area contributed by atoms with Crippen molar-refractivity contribution >= 4 is 95.2 Å². The summed E-state index contributed by atoms with van der Waals surface area (Å²) in [6.45, 7) is 18.0. The van der Waals surface area contributed by atoms with Crippen LogP contribution in [-0.2, 0) is 42.9 Å². The Bertz CT molecular complexity index is 5680. The molecule has 0 fully saturated rings. The first-order valence-electron chi connectivity index (χ1n) is 40.7. The fourth-order valence-corrected chi connectivity index (χ4v) is 15.4. The molecule has 14 heteroatoms. The lowest BCUT2D eigenvalue weighted by Crippen LogP contribution is -2.20. The molecular weight excluding hydrogens is 1380 g/mol. The van der Waals surface area contributed by atoms with E-state index in [1.165, 1.54) is 0 Å². The minimum Gasteiger partial charge on any atom is -0.462 e. The fraction of sp³-hybridized carbons (Fsp3) is 0.330. The number of esters is 5. The zero-order chi connectivity index (χ0) is 77.5. The Hall–Kier alpha value is -11.3.